The lowest BCUT2D eigenvalue weighted by atomic mass is 9.90. The molecular weight excluding hydrogens is 585 g/mol. The van der Waals surface area contributed by atoms with E-state index in [0.29, 0.717) is 18.5 Å². The van der Waals surface area contributed by atoms with Crippen LogP contribution in [0.15, 0.2) is 84.2 Å². The first-order chi connectivity index (χ1) is 21.3. The Balaban J connectivity index is 1.41. The van der Waals surface area contributed by atoms with E-state index in [4.69, 9.17) is 4.98 Å². The summed E-state index contributed by atoms with van der Waals surface area (Å²) in [5.41, 5.74) is 6.95. The molecule has 1 heterocycles. The maximum absolute atomic E-state index is 11.6. The van der Waals surface area contributed by atoms with Gasteiger partial charge in [-0.1, -0.05) is 81.3 Å². The van der Waals surface area contributed by atoms with Gasteiger partial charge < -0.3 is 14.3 Å². The van der Waals surface area contributed by atoms with E-state index in [1.165, 1.54) is 54.6 Å². The van der Waals surface area contributed by atoms with E-state index in [2.05, 4.69) is 86.5 Å². The number of benzene rings is 3. The molecule has 8 heteroatoms. The van der Waals surface area contributed by atoms with Crippen LogP contribution in [0, 0.1) is 0 Å². The third kappa shape index (κ3) is 9.58. The smallest absolute Gasteiger partial charge is 0.318 e. The topological polar surface area (TPSA) is 59.9 Å². The molecule has 3 aromatic carbocycles. The van der Waals surface area contributed by atoms with Crippen LogP contribution in [-0.4, -0.2) is 40.0 Å². The van der Waals surface area contributed by atoms with Crippen molar-refractivity contribution in [2.75, 3.05) is 22.8 Å². The molecule has 234 valence electrons. The van der Waals surface area contributed by atoms with Crippen molar-refractivity contribution in [2.45, 2.75) is 78.4 Å². The van der Waals surface area contributed by atoms with Crippen molar-refractivity contribution >= 4 is 40.8 Å². The Morgan fingerprint density at radius 2 is 1.55 bits per heavy atom. The van der Waals surface area contributed by atoms with Crippen LogP contribution in [-0.2, 0) is 17.9 Å². The SMILES string of the molecule is CCCC(CCC)c1ccc(N(Cc2ccc(-c3csc(CN(CC(=O)O)SN(C)c4ccccc4)n3)cc2)C(C)C)cc1. The van der Waals surface area contributed by atoms with E-state index in [1.807, 2.05) is 46.0 Å². The van der Waals surface area contributed by atoms with Crippen molar-refractivity contribution in [3.8, 4) is 11.3 Å². The Kier molecular flexibility index (Phi) is 12.7. The predicted octanol–water partition coefficient (Wildman–Crippen LogP) is 9.50. The van der Waals surface area contributed by atoms with Gasteiger partial charge in [0, 0.05) is 54.1 Å². The number of carbonyl (C=O) groups is 1. The van der Waals surface area contributed by atoms with E-state index in [9.17, 15) is 9.90 Å². The molecule has 0 aliphatic rings. The maximum atomic E-state index is 11.6. The van der Waals surface area contributed by atoms with Gasteiger partial charge in [-0.15, -0.1) is 11.3 Å². The summed E-state index contributed by atoms with van der Waals surface area (Å²) in [6.45, 7) is 10.2. The van der Waals surface area contributed by atoms with Crippen molar-refractivity contribution < 1.29 is 9.90 Å². The molecule has 0 bridgehead atoms. The Morgan fingerprint density at radius 1 is 0.886 bits per heavy atom. The van der Waals surface area contributed by atoms with Crippen molar-refractivity contribution in [3.63, 3.8) is 0 Å². The summed E-state index contributed by atoms with van der Waals surface area (Å²) in [5, 5.41) is 12.4. The minimum atomic E-state index is -0.866. The number of para-hydroxylation sites is 1. The lowest BCUT2D eigenvalue weighted by molar-refractivity contribution is -0.137. The minimum absolute atomic E-state index is 0.0847. The van der Waals surface area contributed by atoms with E-state index in [0.717, 1.165) is 28.5 Å². The molecule has 0 saturated heterocycles. The van der Waals surface area contributed by atoms with Gasteiger partial charge in [0.25, 0.3) is 0 Å². The fourth-order valence-corrected chi connectivity index (χ4v) is 7.26. The summed E-state index contributed by atoms with van der Waals surface area (Å²) in [6, 6.07) is 28.2. The second-order valence-electron chi connectivity index (χ2n) is 11.5. The first-order valence-corrected chi connectivity index (χ1v) is 17.2. The van der Waals surface area contributed by atoms with Gasteiger partial charge in [0.1, 0.15) is 11.6 Å². The number of hydrogen-bond acceptors (Lipinski definition) is 7. The standard InChI is InChI=1S/C36H46N4O2S2/c1-6-11-29(12-7-2)30-19-21-33(22-20-30)40(27(3)4)23-28-15-17-31(18-16-28)34-26-43-35(37-34)24-39(25-36(41)42)44-38(5)32-13-9-8-10-14-32/h8-10,13-22,26-27,29H,6-7,11-12,23-25H2,1-5H3,(H,41,42). The van der Waals surface area contributed by atoms with Crippen LogP contribution >= 0.6 is 23.5 Å². The number of carboxylic acids is 1. The van der Waals surface area contributed by atoms with Crippen molar-refractivity contribution in [1.82, 2.24) is 9.29 Å². The first kappa shape index (κ1) is 33.6. The quantitative estimate of drug-likeness (QED) is 0.117. The van der Waals surface area contributed by atoms with Crippen molar-refractivity contribution in [1.29, 1.82) is 0 Å². The Morgan fingerprint density at radius 3 is 2.14 bits per heavy atom. The Hall–Kier alpha value is -3.33. The summed E-state index contributed by atoms with van der Waals surface area (Å²) in [4.78, 5) is 18.9. The highest BCUT2D eigenvalue weighted by molar-refractivity contribution is 7.98. The summed E-state index contributed by atoms with van der Waals surface area (Å²) in [6.07, 6.45) is 4.94. The molecule has 0 unspecified atom stereocenters. The van der Waals surface area contributed by atoms with Crippen LogP contribution in [0.1, 0.15) is 75.4 Å². The van der Waals surface area contributed by atoms with Crippen molar-refractivity contribution in [2.24, 2.45) is 0 Å². The van der Waals surface area contributed by atoms with Crippen LogP contribution in [0.5, 0.6) is 0 Å². The minimum Gasteiger partial charge on any atom is -0.480 e. The van der Waals surface area contributed by atoms with Gasteiger partial charge in [0.05, 0.1) is 12.2 Å². The summed E-state index contributed by atoms with van der Waals surface area (Å²) in [5.74, 6) is -0.213. The summed E-state index contributed by atoms with van der Waals surface area (Å²) >= 11 is 2.95. The van der Waals surface area contributed by atoms with Crippen molar-refractivity contribution in [3.05, 3.63) is 100 Å². The van der Waals surface area contributed by atoms with Gasteiger partial charge in [0.2, 0.25) is 0 Å². The molecule has 44 heavy (non-hydrogen) atoms. The number of aromatic nitrogens is 1. The fraction of sp³-hybridized carbons (Fsp3) is 0.389. The largest absolute Gasteiger partial charge is 0.480 e. The molecule has 0 radical (unpaired) electrons. The molecule has 6 nitrogen and oxygen atoms in total. The molecule has 0 amide bonds. The highest BCUT2D eigenvalue weighted by Crippen LogP contribution is 2.31. The molecule has 4 rings (SSSR count). The van der Waals surface area contributed by atoms with Gasteiger partial charge in [-0.2, -0.15) is 0 Å². The second kappa shape index (κ2) is 16.7. The van der Waals surface area contributed by atoms with Crippen LogP contribution in [0.4, 0.5) is 11.4 Å². The third-order valence-electron chi connectivity index (χ3n) is 7.73. The van der Waals surface area contributed by atoms with Gasteiger partial charge in [-0.3, -0.25) is 4.79 Å². The predicted molar refractivity (Wildman–Crippen MR) is 188 cm³/mol. The number of nitrogens with zero attached hydrogens (tertiary/aromatic N) is 4. The molecule has 1 N–H and O–H groups in total. The zero-order valence-corrected chi connectivity index (χ0v) is 28.3. The van der Waals surface area contributed by atoms with E-state index >= 15 is 0 Å². The average molecular weight is 631 g/mol. The van der Waals surface area contributed by atoms with Gasteiger partial charge in [0.15, 0.2) is 0 Å². The molecule has 0 spiro atoms. The van der Waals surface area contributed by atoms with Gasteiger partial charge in [-0.25, -0.2) is 9.29 Å². The van der Waals surface area contributed by atoms with Crippen LogP contribution < -0.4 is 9.21 Å². The molecule has 1 aromatic heterocycles. The highest BCUT2D eigenvalue weighted by Gasteiger charge is 2.18. The normalized spacial score (nSPS) is 11.5. The number of anilines is 2. The number of carboxylic acid groups (broad SMARTS) is 1. The van der Waals surface area contributed by atoms with Gasteiger partial charge in [-0.05, 0) is 68.0 Å². The van der Waals surface area contributed by atoms with E-state index in [-0.39, 0.29) is 6.54 Å². The van der Waals surface area contributed by atoms with Gasteiger partial charge >= 0.3 is 5.97 Å². The van der Waals surface area contributed by atoms with Crippen LogP contribution in [0.2, 0.25) is 0 Å². The zero-order chi connectivity index (χ0) is 31.5. The summed E-state index contributed by atoms with van der Waals surface area (Å²) in [7, 11) is 1.94. The van der Waals surface area contributed by atoms with Crippen LogP contribution in [0.3, 0.4) is 0 Å². The Bertz CT molecular complexity index is 1420. The lowest BCUT2D eigenvalue weighted by Gasteiger charge is -2.30. The molecule has 0 atom stereocenters. The molecule has 4 aromatic rings. The average Bonchev–Trinajstić information content (AvgIpc) is 3.48. The molecular formula is C36H46N4O2S2. The maximum Gasteiger partial charge on any atom is 0.318 e. The van der Waals surface area contributed by atoms with Crippen LogP contribution in [0.25, 0.3) is 11.3 Å². The first-order valence-electron chi connectivity index (χ1n) is 15.6. The van der Waals surface area contributed by atoms with E-state index < -0.39 is 5.97 Å². The number of aliphatic carboxylic acids is 1. The monoisotopic (exact) mass is 630 g/mol. The molecule has 0 aliphatic heterocycles. The zero-order valence-electron chi connectivity index (χ0n) is 26.6. The molecule has 0 fully saturated rings. The number of rotatable bonds is 17. The second-order valence-corrected chi connectivity index (χ2v) is 13.7. The molecule has 0 saturated carbocycles. The fourth-order valence-electron chi connectivity index (χ4n) is 5.45. The molecule has 0 aliphatic carbocycles. The Labute approximate surface area is 272 Å². The number of hydrogen-bond donors (Lipinski definition) is 1. The third-order valence-corrected chi connectivity index (χ3v) is 9.51. The van der Waals surface area contributed by atoms with E-state index in [1.54, 1.807) is 11.3 Å². The number of thiazole rings is 1. The highest BCUT2D eigenvalue weighted by atomic mass is 32.2. The lowest BCUT2D eigenvalue weighted by Crippen LogP contribution is -2.30. The summed E-state index contributed by atoms with van der Waals surface area (Å²) < 4.78 is 3.79.